The lowest BCUT2D eigenvalue weighted by Crippen LogP contribution is -2.36. The fourth-order valence-corrected chi connectivity index (χ4v) is 3.51. The van der Waals surface area contributed by atoms with Crippen LogP contribution in [0.3, 0.4) is 0 Å². The van der Waals surface area contributed by atoms with Gasteiger partial charge in [-0.2, -0.15) is 0 Å². The van der Waals surface area contributed by atoms with Crippen LogP contribution in [0.2, 0.25) is 0 Å². The number of anilines is 2. The first kappa shape index (κ1) is 22.0. The molecule has 1 saturated heterocycles. The Hall–Kier alpha value is -2.73. The van der Waals surface area contributed by atoms with Crippen LogP contribution >= 0.6 is 0 Å². The topological polar surface area (TPSA) is 60.0 Å². The van der Waals surface area contributed by atoms with Gasteiger partial charge in [0.25, 0.3) is 0 Å². The molecule has 1 heterocycles. The van der Waals surface area contributed by atoms with Gasteiger partial charge in [-0.15, -0.1) is 0 Å². The number of ether oxygens (including phenoxy) is 3. The highest BCUT2D eigenvalue weighted by molar-refractivity contribution is 6.00. The summed E-state index contributed by atoms with van der Waals surface area (Å²) < 4.78 is 17.3. The summed E-state index contributed by atoms with van der Waals surface area (Å²) in [5.41, 5.74) is 1.84. The number of amides is 1. The molecule has 0 aromatic heterocycles. The highest BCUT2D eigenvalue weighted by Crippen LogP contribution is 2.40. The molecule has 1 N–H and O–H groups in total. The summed E-state index contributed by atoms with van der Waals surface area (Å²) in [5.74, 6) is 1.27. The lowest BCUT2D eigenvalue weighted by molar-refractivity contribution is -0.120. The van der Waals surface area contributed by atoms with Crippen LogP contribution in [0, 0.1) is 0 Å². The second-order valence-corrected chi connectivity index (χ2v) is 7.73. The predicted molar refractivity (Wildman–Crippen MR) is 120 cm³/mol. The van der Waals surface area contributed by atoms with Gasteiger partial charge in [-0.25, -0.2) is 0 Å². The Morgan fingerprint density at radius 1 is 1.03 bits per heavy atom. The van der Waals surface area contributed by atoms with Crippen molar-refractivity contribution in [1.29, 1.82) is 0 Å². The highest BCUT2D eigenvalue weighted by atomic mass is 16.5. The summed E-state index contributed by atoms with van der Waals surface area (Å²) in [5, 5.41) is 3.08. The lowest BCUT2D eigenvalue weighted by Gasteiger charge is -2.31. The number of nitrogens with one attached hydrogen (secondary N) is 1. The Morgan fingerprint density at radius 3 is 2.30 bits per heavy atom. The monoisotopic (exact) mass is 412 g/mol. The van der Waals surface area contributed by atoms with Crippen molar-refractivity contribution in [2.75, 3.05) is 49.7 Å². The fourth-order valence-electron chi connectivity index (χ4n) is 3.51. The van der Waals surface area contributed by atoms with Gasteiger partial charge in [0.05, 0.1) is 43.2 Å². The molecule has 2 aromatic carbocycles. The van der Waals surface area contributed by atoms with E-state index in [-0.39, 0.29) is 5.91 Å². The Morgan fingerprint density at radius 2 is 1.67 bits per heavy atom. The largest absolute Gasteiger partial charge is 0.492 e. The van der Waals surface area contributed by atoms with Crippen molar-refractivity contribution >= 4 is 17.3 Å². The van der Waals surface area contributed by atoms with Crippen LogP contribution in [0.1, 0.15) is 33.3 Å². The molecular weight excluding hydrogens is 380 g/mol. The molecule has 162 valence electrons. The number of hydrogen-bond donors (Lipinski definition) is 1. The molecule has 0 aliphatic carbocycles. The van der Waals surface area contributed by atoms with E-state index < -0.39 is 5.41 Å². The molecule has 0 saturated carbocycles. The highest BCUT2D eigenvalue weighted by Gasteiger charge is 2.31. The number of hydrogen-bond acceptors (Lipinski definition) is 5. The van der Waals surface area contributed by atoms with Crippen LogP contribution in [0.5, 0.6) is 11.5 Å². The van der Waals surface area contributed by atoms with Crippen LogP contribution in [0.4, 0.5) is 11.4 Å². The standard InChI is InChI=1S/C24H32N2O4/c1-5-29-21-17-20(26-12-14-28-15-13-26)22(30-6-2)16-19(21)25-23(27)24(3,4)18-10-8-7-9-11-18/h7-11,16-17H,5-6,12-15H2,1-4H3,(H,25,27). The first-order chi connectivity index (χ1) is 14.5. The van der Waals surface area contributed by atoms with E-state index in [2.05, 4.69) is 10.2 Å². The molecule has 2 aromatic rings. The third-order valence-electron chi connectivity index (χ3n) is 5.32. The predicted octanol–water partition coefficient (Wildman–Crippen LogP) is 4.24. The van der Waals surface area contributed by atoms with E-state index in [4.69, 9.17) is 14.2 Å². The third kappa shape index (κ3) is 4.87. The number of carbonyl (C=O) groups is 1. The zero-order valence-corrected chi connectivity index (χ0v) is 18.4. The van der Waals surface area contributed by atoms with E-state index in [1.54, 1.807) is 0 Å². The van der Waals surface area contributed by atoms with E-state index in [1.165, 1.54) is 0 Å². The summed E-state index contributed by atoms with van der Waals surface area (Å²) >= 11 is 0. The Labute approximate surface area is 179 Å². The first-order valence-electron chi connectivity index (χ1n) is 10.6. The van der Waals surface area contributed by atoms with Gasteiger partial charge in [0.2, 0.25) is 5.91 Å². The summed E-state index contributed by atoms with van der Waals surface area (Å²) in [4.78, 5) is 15.4. The zero-order valence-electron chi connectivity index (χ0n) is 18.4. The first-order valence-corrected chi connectivity index (χ1v) is 10.6. The summed E-state index contributed by atoms with van der Waals surface area (Å²) in [6.07, 6.45) is 0. The maximum absolute atomic E-state index is 13.2. The van der Waals surface area contributed by atoms with Gasteiger partial charge < -0.3 is 24.4 Å². The van der Waals surface area contributed by atoms with Gasteiger partial charge in [-0.05, 0) is 33.3 Å². The van der Waals surface area contributed by atoms with Gasteiger partial charge in [-0.3, -0.25) is 4.79 Å². The number of benzene rings is 2. The second-order valence-electron chi connectivity index (χ2n) is 7.73. The molecule has 30 heavy (non-hydrogen) atoms. The maximum Gasteiger partial charge on any atom is 0.234 e. The molecule has 0 radical (unpaired) electrons. The molecule has 1 fully saturated rings. The van der Waals surface area contributed by atoms with Crippen LogP contribution in [0.25, 0.3) is 0 Å². The summed E-state index contributed by atoms with van der Waals surface area (Å²) in [6.45, 7) is 11.7. The van der Waals surface area contributed by atoms with Crippen LogP contribution in [0.15, 0.2) is 42.5 Å². The van der Waals surface area contributed by atoms with Crippen LogP contribution in [-0.2, 0) is 14.9 Å². The van der Waals surface area contributed by atoms with Crippen molar-refractivity contribution in [1.82, 2.24) is 0 Å². The van der Waals surface area contributed by atoms with Gasteiger partial charge in [0, 0.05) is 25.2 Å². The number of carbonyl (C=O) groups excluding carboxylic acids is 1. The van der Waals surface area contributed by atoms with E-state index in [9.17, 15) is 4.79 Å². The Balaban J connectivity index is 1.94. The van der Waals surface area contributed by atoms with E-state index in [0.29, 0.717) is 37.9 Å². The normalized spacial score (nSPS) is 14.3. The minimum atomic E-state index is -0.695. The third-order valence-corrected chi connectivity index (χ3v) is 5.32. The van der Waals surface area contributed by atoms with Crippen molar-refractivity contribution in [2.24, 2.45) is 0 Å². The average molecular weight is 413 g/mol. The van der Waals surface area contributed by atoms with Crippen LogP contribution in [-0.4, -0.2) is 45.4 Å². The molecular formula is C24H32N2O4. The molecule has 0 spiro atoms. The number of rotatable bonds is 8. The SMILES string of the molecule is CCOc1cc(N2CCOCC2)c(OCC)cc1NC(=O)C(C)(C)c1ccccc1. The van der Waals surface area contributed by atoms with Crippen molar-refractivity contribution in [2.45, 2.75) is 33.1 Å². The maximum atomic E-state index is 13.2. The van der Waals surface area contributed by atoms with Crippen molar-refractivity contribution in [3.8, 4) is 11.5 Å². The fraction of sp³-hybridized carbons (Fsp3) is 0.458. The molecule has 6 heteroatoms. The van der Waals surface area contributed by atoms with Crippen LogP contribution < -0.4 is 19.7 Å². The van der Waals surface area contributed by atoms with Crippen molar-refractivity contribution in [3.05, 3.63) is 48.0 Å². The quantitative estimate of drug-likeness (QED) is 0.703. The molecule has 1 aliphatic rings. The van der Waals surface area contributed by atoms with Gasteiger partial charge >= 0.3 is 0 Å². The van der Waals surface area contributed by atoms with Crippen molar-refractivity contribution in [3.63, 3.8) is 0 Å². The van der Waals surface area contributed by atoms with Gasteiger partial charge in [-0.1, -0.05) is 30.3 Å². The smallest absolute Gasteiger partial charge is 0.234 e. The Kier molecular flexibility index (Phi) is 7.21. The molecule has 0 bridgehead atoms. The minimum absolute atomic E-state index is 0.101. The minimum Gasteiger partial charge on any atom is -0.492 e. The molecule has 3 rings (SSSR count). The van der Waals surface area contributed by atoms with E-state index in [1.807, 2.05) is 70.2 Å². The molecule has 1 aliphatic heterocycles. The van der Waals surface area contributed by atoms with Gasteiger partial charge in [0.1, 0.15) is 11.5 Å². The molecule has 6 nitrogen and oxygen atoms in total. The lowest BCUT2D eigenvalue weighted by atomic mass is 9.83. The molecule has 0 unspecified atom stereocenters. The average Bonchev–Trinajstić information content (AvgIpc) is 2.77. The number of nitrogens with zero attached hydrogens (tertiary/aromatic N) is 1. The van der Waals surface area contributed by atoms with Crippen molar-refractivity contribution < 1.29 is 19.0 Å². The van der Waals surface area contributed by atoms with E-state index in [0.717, 1.165) is 30.1 Å². The molecule has 0 atom stereocenters. The van der Waals surface area contributed by atoms with Gasteiger partial charge in [0.15, 0.2) is 0 Å². The Bertz CT molecular complexity index is 846. The summed E-state index contributed by atoms with van der Waals surface area (Å²) in [6, 6.07) is 13.6. The number of morpholine rings is 1. The van der Waals surface area contributed by atoms with E-state index >= 15 is 0 Å². The molecule has 1 amide bonds. The second kappa shape index (κ2) is 9.85. The summed E-state index contributed by atoms with van der Waals surface area (Å²) in [7, 11) is 0. The zero-order chi connectivity index (χ0) is 21.6.